The molecular formula is C23H28N4OS2. The number of piperidine rings is 1. The summed E-state index contributed by atoms with van der Waals surface area (Å²) in [5.41, 5.74) is 2.35. The molecule has 4 rings (SSSR count). The van der Waals surface area contributed by atoms with Crippen molar-refractivity contribution in [1.82, 2.24) is 20.1 Å². The largest absolute Gasteiger partial charge is 0.338 e. The number of nitrogens with one attached hydrogen (secondary N) is 1. The lowest BCUT2D eigenvalue weighted by Gasteiger charge is -2.31. The molecule has 2 fully saturated rings. The molecule has 2 saturated heterocycles. The number of likely N-dealkylation sites (tertiary alicyclic amines) is 1. The summed E-state index contributed by atoms with van der Waals surface area (Å²) >= 11 is 7.02. The van der Waals surface area contributed by atoms with Crippen molar-refractivity contribution in [2.45, 2.75) is 31.2 Å². The molecule has 0 spiro atoms. The van der Waals surface area contributed by atoms with Crippen molar-refractivity contribution in [3.05, 3.63) is 66.0 Å². The molecule has 3 heterocycles. The number of thioether (sulfide) groups is 1. The molecule has 0 radical (unpaired) electrons. The summed E-state index contributed by atoms with van der Waals surface area (Å²) in [4.78, 5) is 21.5. The lowest BCUT2D eigenvalue weighted by molar-refractivity contribution is 0.202. The first-order valence-corrected chi connectivity index (χ1v) is 12.0. The number of nitrogens with zero attached hydrogens (tertiary/aromatic N) is 3. The van der Waals surface area contributed by atoms with Gasteiger partial charge in [0.05, 0.1) is 6.04 Å². The number of hydrogen-bond acceptors (Lipinski definition) is 5. The first-order valence-electron chi connectivity index (χ1n) is 10.6. The Morgan fingerprint density at radius 2 is 1.90 bits per heavy atom. The number of pyridine rings is 1. The van der Waals surface area contributed by atoms with E-state index in [1.807, 2.05) is 30.5 Å². The van der Waals surface area contributed by atoms with Gasteiger partial charge in [0, 0.05) is 30.1 Å². The van der Waals surface area contributed by atoms with E-state index in [0.29, 0.717) is 16.8 Å². The van der Waals surface area contributed by atoms with Crippen LogP contribution in [0.25, 0.3) is 0 Å². The number of hydrogen-bond donors (Lipinski definition) is 1. The highest BCUT2D eigenvalue weighted by Gasteiger charge is 2.34. The second kappa shape index (κ2) is 10.4. The summed E-state index contributed by atoms with van der Waals surface area (Å²) in [6, 6.07) is 16.3. The predicted molar refractivity (Wildman–Crippen MR) is 127 cm³/mol. The maximum absolute atomic E-state index is 12.8. The van der Waals surface area contributed by atoms with E-state index in [9.17, 15) is 4.79 Å². The first-order chi connectivity index (χ1) is 14.7. The highest BCUT2D eigenvalue weighted by Crippen LogP contribution is 2.35. The lowest BCUT2D eigenvalue weighted by Crippen LogP contribution is -2.42. The van der Waals surface area contributed by atoms with E-state index in [4.69, 9.17) is 12.2 Å². The minimum Gasteiger partial charge on any atom is -0.338 e. The van der Waals surface area contributed by atoms with E-state index < -0.39 is 0 Å². The topological polar surface area (TPSA) is 48.5 Å². The van der Waals surface area contributed by atoms with Crippen LogP contribution in [0.5, 0.6) is 0 Å². The van der Waals surface area contributed by atoms with Crippen molar-refractivity contribution in [3.63, 3.8) is 0 Å². The van der Waals surface area contributed by atoms with Crippen molar-refractivity contribution in [2.75, 3.05) is 31.9 Å². The molecule has 1 N–H and O–H groups in total. The number of carbonyl (C=O) groups is 1. The number of benzene rings is 1. The number of aromatic nitrogens is 1. The molecule has 1 aromatic carbocycles. The van der Waals surface area contributed by atoms with Gasteiger partial charge < -0.3 is 10.2 Å². The molecule has 1 atom stereocenters. The predicted octanol–water partition coefficient (Wildman–Crippen LogP) is 4.44. The normalized spacial score (nSPS) is 20.5. The molecule has 2 aliphatic heterocycles. The van der Waals surface area contributed by atoms with E-state index in [1.165, 1.54) is 5.69 Å². The smallest absolute Gasteiger partial charge is 0.323 e. The summed E-state index contributed by atoms with van der Waals surface area (Å²) < 4.78 is 0.665. The summed E-state index contributed by atoms with van der Waals surface area (Å²) in [6.07, 6.45) is 5.14. The monoisotopic (exact) mass is 440 g/mol. The minimum absolute atomic E-state index is 0.0225. The maximum Gasteiger partial charge on any atom is 0.323 e. The van der Waals surface area contributed by atoms with Crippen molar-refractivity contribution in [2.24, 2.45) is 0 Å². The zero-order chi connectivity index (χ0) is 20.8. The standard InChI is InChI=1S/C23H28N4OS2/c28-22(27-21(17-30-23(27)29)19-7-2-1-3-8-19)25-13-6-14-26-15-10-18(11-16-26)20-9-4-5-12-24-20/h1-5,7-9,12,18,21H,6,10-11,13-17H2,(H,25,28). The third-order valence-corrected chi connectivity index (χ3v) is 7.37. The van der Waals surface area contributed by atoms with Gasteiger partial charge in [-0.3, -0.25) is 9.88 Å². The van der Waals surface area contributed by atoms with Gasteiger partial charge in [0.15, 0.2) is 0 Å². The molecule has 1 unspecified atom stereocenters. The van der Waals surface area contributed by atoms with E-state index >= 15 is 0 Å². The Bertz CT molecular complexity index is 841. The van der Waals surface area contributed by atoms with E-state index in [0.717, 1.165) is 50.2 Å². The number of thiocarbonyl (C=S) groups is 1. The van der Waals surface area contributed by atoms with Crippen LogP contribution in [0.4, 0.5) is 4.79 Å². The minimum atomic E-state index is -0.0762. The number of rotatable bonds is 6. The van der Waals surface area contributed by atoms with Gasteiger partial charge in [-0.05, 0) is 56.6 Å². The maximum atomic E-state index is 12.8. The van der Waals surface area contributed by atoms with Crippen LogP contribution in [0.1, 0.15) is 42.5 Å². The van der Waals surface area contributed by atoms with Crippen LogP contribution < -0.4 is 5.32 Å². The zero-order valence-electron chi connectivity index (χ0n) is 17.1. The molecule has 0 saturated carbocycles. The summed E-state index contributed by atoms with van der Waals surface area (Å²) in [6.45, 7) is 3.87. The van der Waals surface area contributed by atoms with Gasteiger partial charge in [0.2, 0.25) is 0 Å². The van der Waals surface area contributed by atoms with Crippen LogP contribution in [-0.4, -0.2) is 57.1 Å². The van der Waals surface area contributed by atoms with Crippen LogP contribution in [0.2, 0.25) is 0 Å². The van der Waals surface area contributed by atoms with Crippen LogP contribution in [-0.2, 0) is 0 Å². The molecule has 2 aromatic rings. The molecule has 7 heteroatoms. The van der Waals surface area contributed by atoms with Gasteiger partial charge in [-0.2, -0.15) is 0 Å². The molecule has 2 amide bonds. The second-order valence-corrected chi connectivity index (χ2v) is 9.48. The van der Waals surface area contributed by atoms with Crippen LogP contribution in [0.3, 0.4) is 0 Å². The summed E-state index contributed by atoms with van der Waals surface area (Å²) in [7, 11) is 0. The Hall–Kier alpha value is -1.96. The Balaban J connectivity index is 1.19. The van der Waals surface area contributed by atoms with Crippen LogP contribution in [0.15, 0.2) is 54.7 Å². The molecular weight excluding hydrogens is 412 g/mol. The quantitative estimate of drug-likeness (QED) is 0.532. The van der Waals surface area contributed by atoms with Gasteiger partial charge in [-0.1, -0.05) is 60.4 Å². The number of carbonyl (C=O) groups excluding carboxylic acids is 1. The Kier molecular flexibility index (Phi) is 7.36. The van der Waals surface area contributed by atoms with Gasteiger partial charge in [-0.25, -0.2) is 4.79 Å². The molecule has 5 nitrogen and oxygen atoms in total. The highest BCUT2D eigenvalue weighted by atomic mass is 32.2. The Labute approximate surface area is 188 Å². The second-order valence-electron chi connectivity index (χ2n) is 7.83. The third kappa shape index (κ3) is 5.20. The lowest BCUT2D eigenvalue weighted by atomic mass is 9.93. The van der Waals surface area contributed by atoms with Crippen molar-refractivity contribution >= 4 is 34.3 Å². The highest BCUT2D eigenvalue weighted by molar-refractivity contribution is 8.23. The molecule has 30 heavy (non-hydrogen) atoms. The average Bonchev–Trinajstić information content (AvgIpc) is 3.20. The third-order valence-electron chi connectivity index (χ3n) is 5.90. The Morgan fingerprint density at radius 3 is 2.63 bits per heavy atom. The van der Waals surface area contributed by atoms with E-state index in [-0.39, 0.29) is 12.1 Å². The van der Waals surface area contributed by atoms with E-state index in [1.54, 1.807) is 16.7 Å². The molecule has 2 aliphatic rings. The number of amides is 2. The zero-order valence-corrected chi connectivity index (χ0v) is 18.7. The van der Waals surface area contributed by atoms with Gasteiger partial charge >= 0.3 is 6.03 Å². The first kappa shape index (κ1) is 21.3. The van der Waals surface area contributed by atoms with Crippen LogP contribution >= 0.6 is 24.0 Å². The van der Waals surface area contributed by atoms with E-state index in [2.05, 4.69) is 39.5 Å². The van der Waals surface area contributed by atoms with Crippen molar-refractivity contribution in [1.29, 1.82) is 0 Å². The number of urea groups is 1. The van der Waals surface area contributed by atoms with Crippen molar-refractivity contribution < 1.29 is 4.79 Å². The Morgan fingerprint density at radius 1 is 1.13 bits per heavy atom. The SMILES string of the molecule is O=C(NCCCN1CCC(c2ccccn2)CC1)N1C(=S)SCC1c1ccccc1. The van der Waals surface area contributed by atoms with Crippen molar-refractivity contribution in [3.8, 4) is 0 Å². The molecule has 158 valence electrons. The van der Waals surface area contributed by atoms with Gasteiger partial charge in [0.1, 0.15) is 4.32 Å². The average molecular weight is 441 g/mol. The fraction of sp³-hybridized carbons (Fsp3) is 0.435. The van der Waals surface area contributed by atoms with Gasteiger partial charge in [-0.15, -0.1) is 0 Å². The summed E-state index contributed by atoms with van der Waals surface area (Å²) in [5.74, 6) is 1.40. The fourth-order valence-corrected chi connectivity index (χ4v) is 5.62. The summed E-state index contributed by atoms with van der Waals surface area (Å²) in [5, 5.41) is 3.08. The van der Waals surface area contributed by atoms with Gasteiger partial charge in [0.25, 0.3) is 0 Å². The molecule has 0 aliphatic carbocycles. The molecule has 1 aromatic heterocycles. The molecule has 0 bridgehead atoms. The fourth-order valence-electron chi connectivity index (χ4n) is 4.22. The van der Waals surface area contributed by atoms with Crippen LogP contribution in [0, 0.1) is 0 Å².